The largest absolute Gasteiger partial charge is 0.494 e. The molecule has 1 aromatic rings. The second-order valence-corrected chi connectivity index (χ2v) is 12.1. The highest BCUT2D eigenvalue weighted by Gasteiger charge is 2.52. The van der Waals surface area contributed by atoms with Crippen molar-refractivity contribution in [1.82, 2.24) is 5.48 Å². The molecule has 0 radical (unpaired) electrons. The number of unbranched alkanes of at least 4 members (excludes halogenated alkanes) is 1. The van der Waals surface area contributed by atoms with Crippen LogP contribution in [0.1, 0.15) is 52.4 Å². The van der Waals surface area contributed by atoms with Gasteiger partial charge in [-0.3, -0.25) is 10.0 Å². The van der Waals surface area contributed by atoms with E-state index in [1.807, 2.05) is 25.2 Å². The second kappa shape index (κ2) is 11.4. The van der Waals surface area contributed by atoms with E-state index in [0.29, 0.717) is 31.6 Å². The molecule has 1 aliphatic heterocycles. The molecule has 2 atom stereocenters. The quantitative estimate of drug-likeness (QED) is 0.229. The van der Waals surface area contributed by atoms with Crippen molar-refractivity contribution >= 4 is 15.7 Å². The van der Waals surface area contributed by atoms with E-state index in [4.69, 9.17) is 19.4 Å². The van der Waals surface area contributed by atoms with Crippen LogP contribution in [-0.2, 0) is 24.1 Å². The van der Waals surface area contributed by atoms with Gasteiger partial charge < -0.3 is 19.3 Å². The highest BCUT2D eigenvalue weighted by atomic mass is 32.2. The predicted octanol–water partition coefficient (Wildman–Crippen LogP) is 3.11. The summed E-state index contributed by atoms with van der Waals surface area (Å²) >= 11 is 0. The van der Waals surface area contributed by atoms with Gasteiger partial charge in [0.2, 0.25) is 0 Å². The Hall–Kier alpha value is -2.24. The zero-order valence-corrected chi connectivity index (χ0v) is 22.0. The Morgan fingerprint density at radius 3 is 2.42 bits per heavy atom. The fourth-order valence-corrected chi connectivity index (χ4v) is 6.47. The third-order valence-electron chi connectivity index (χ3n) is 7.22. The molecule has 200 valence electrons. The number of aliphatic hydroxyl groups is 1. The van der Waals surface area contributed by atoms with Crippen molar-refractivity contribution in [2.24, 2.45) is 0 Å². The van der Waals surface area contributed by atoms with Crippen LogP contribution in [0.3, 0.4) is 0 Å². The minimum absolute atomic E-state index is 0.0187. The van der Waals surface area contributed by atoms with Crippen LogP contribution in [0, 0.1) is 0 Å². The number of amides is 1. The van der Waals surface area contributed by atoms with E-state index >= 15 is 0 Å². The molecule has 1 fully saturated rings. The Bertz CT molecular complexity index is 1070. The van der Waals surface area contributed by atoms with Crippen molar-refractivity contribution in [3.63, 3.8) is 0 Å². The molecular formula is C26H37NO8S. The first-order chi connectivity index (χ1) is 17.0. The van der Waals surface area contributed by atoms with Gasteiger partial charge in [0.1, 0.15) is 5.75 Å². The molecular weight excluding hydrogens is 486 g/mol. The predicted molar refractivity (Wildman–Crippen MR) is 134 cm³/mol. The number of hydrogen-bond acceptors (Lipinski definition) is 8. The zero-order chi connectivity index (χ0) is 26.5. The minimum Gasteiger partial charge on any atom is -0.494 e. The monoisotopic (exact) mass is 523 g/mol. The molecule has 3 N–H and O–H groups in total. The van der Waals surface area contributed by atoms with Gasteiger partial charge in [-0.15, -0.1) is 0 Å². The lowest BCUT2D eigenvalue weighted by Crippen LogP contribution is -2.54. The van der Waals surface area contributed by atoms with Crippen LogP contribution in [0.5, 0.6) is 5.75 Å². The Morgan fingerprint density at radius 2 is 1.86 bits per heavy atom. The summed E-state index contributed by atoms with van der Waals surface area (Å²) in [6.07, 6.45) is 8.58. The molecule has 36 heavy (non-hydrogen) atoms. The maximum Gasteiger partial charge on any atom is 0.265 e. The number of sulfone groups is 1. The Balaban J connectivity index is 1.52. The molecule has 1 aliphatic carbocycles. The van der Waals surface area contributed by atoms with Crippen LogP contribution in [0.2, 0.25) is 0 Å². The summed E-state index contributed by atoms with van der Waals surface area (Å²) in [5, 5.41) is 20.0. The molecule has 2 aliphatic rings. The first-order valence-electron chi connectivity index (χ1n) is 12.2. The molecule has 0 spiro atoms. The average molecular weight is 524 g/mol. The standard InChI is InChI=1S/C26H37NO8S/c1-24(33-3)13-10-20(11-14-24)25(2,29)12-4-5-17-35-21-6-8-22(9-7-21)36(31,32)26(23(28)27-30)15-18-34-19-16-26/h6-11,13,29-30H,4-5,12,14-19H2,1-3H3,(H,27,28). The molecule has 2 unspecified atom stereocenters. The SMILES string of the molecule is COC1(C)C=CC(C(C)(O)CCCCOc2ccc(S(=O)(=O)C3(C(=O)NO)CCOCC3)cc2)=CC1. The molecule has 1 amide bonds. The summed E-state index contributed by atoms with van der Waals surface area (Å²) in [5.41, 5.74) is 1.12. The molecule has 1 saturated heterocycles. The van der Waals surface area contributed by atoms with Gasteiger partial charge in [0, 0.05) is 20.3 Å². The average Bonchev–Trinajstić information content (AvgIpc) is 2.88. The Kier molecular flexibility index (Phi) is 9.00. The molecule has 9 nitrogen and oxygen atoms in total. The summed E-state index contributed by atoms with van der Waals surface area (Å²) in [4.78, 5) is 12.3. The van der Waals surface area contributed by atoms with Crippen molar-refractivity contribution in [1.29, 1.82) is 0 Å². The van der Waals surface area contributed by atoms with Crippen molar-refractivity contribution in [2.45, 2.75) is 73.2 Å². The first kappa shape index (κ1) is 28.3. The molecule has 0 bridgehead atoms. The smallest absolute Gasteiger partial charge is 0.265 e. The molecule has 1 heterocycles. The molecule has 0 saturated carbocycles. The maximum atomic E-state index is 13.3. The van der Waals surface area contributed by atoms with Crippen LogP contribution >= 0.6 is 0 Å². The highest BCUT2D eigenvalue weighted by molar-refractivity contribution is 7.93. The number of hydroxylamine groups is 1. The number of benzene rings is 1. The lowest BCUT2D eigenvalue weighted by Gasteiger charge is -2.34. The van der Waals surface area contributed by atoms with Gasteiger partial charge in [-0.25, -0.2) is 13.9 Å². The van der Waals surface area contributed by atoms with Gasteiger partial charge in [0.05, 0.1) is 22.7 Å². The van der Waals surface area contributed by atoms with Crippen LogP contribution in [-0.4, -0.2) is 67.5 Å². The van der Waals surface area contributed by atoms with Crippen LogP contribution in [0.4, 0.5) is 0 Å². The third-order valence-corrected chi connectivity index (χ3v) is 9.74. The van der Waals surface area contributed by atoms with Crippen molar-refractivity contribution in [3.05, 3.63) is 48.1 Å². The van der Waals surface area contributed by atoms with E-state index in [-0.39, 0.29) is 36.6 Å². The van der Waals surface area contributed by atoms with Gasteiger partial charge in [-0.05, 0) is 82.2 Å². The zero-order valence-electron chi connectivity index (χ0n) is 21.2. The van der Waals surface area contributed by atoms with Gasteiger partial charge in [-0.2, -0.15) is 0 Å². The number of rotatable bonds is 11. The normalized spacial score (nSPS) is 23.4. The summed E-state index contributed by atoms with van der Waals surface area (Å²) in [6.45, 7) is 4.44. The maximum absolute atomic E-state index is 13.3. The fourth-order valence-electron chi connectivity index (χ4n) is 4.53. The van der Waals surface area contributed by atoms with E-state index < -0.39 is 26.1 Å². The fraction of sp³-hybridized carbons (Fsp3) is 0.577. The first-order valence-corrected chi connectivity index (χ1v) is 13.7. The number of nitrogens with one attached hydrogen (secondary N) is 1. The topological polar surface area (TPSA) is 131 Å². The Morgan fingerprint density at radius 1 is 1.19 bits per heavy atom. The van der Waals surface area contributed by atoms with E-state index in [1.54, 1.807) is 26.2 Å². The van der Waals surface area contributed by atoms with Crippen LogP contribution in [0.25, 0.3) is 0 Å². The number of carbonyl (C=O) groups is 1. The lowest BCUT2D eigenvalue weighted by molar-refractivity contribution is -0.134. The molecule has 10 heteroatoms. The van der Waals surface area contributed by atoms with Crippen LogP contribution < -0.4 is 10.2 Å². The van der Waals surface area contributed by atoms with Gasteiger partial charge in [0.25, 0.3) is 5.91 Å². The lowest BCUT2D eigenvalue weighted by atomic mass is 9.83. The number of carbonyl (C=O) groups excluding carboxylic acids is 1. The van der Waals surface area contributed by atoms with Crippen molar-refractivity contribution < 1.29 is 37.7 Å². The third kappa shape index (κ3) is 6.00. The highest BCUT2D eigenvalue weighted by Crippen LogP contribution is 2.36. The van der Waals surface area contributed by atoms with E-state index in [0.717, 1.165) is 12.0 Å². The summed E-state index contributed by atoms with van der Waals surface area (Å²) in [7, 11) is -2.40. The van der Waals surface area contributed by atoms with Gasteiger partial charge in [-0.1, -0.05) is 18.2 Å². The summed E-state index contributed by atoms with van der Waals surface area (Å²) in [5.74, 6) is -0.445. The van der Waals surface area contributed by atoms with Crippen molar-refractivity contribution in [3.8, 4) is 5.75 Å². The summed E-state index contributed by atoms with van der Waals surface area (Å²) in [6, 6.07) is 5.93. The number of hydrogen-bond donors (Lipinski definition) is 3. The molecule has 1 aromatic carbocycles. The van der Waals surface area contributed by atoms with Gasteiger partial charge in [0.15, 0.2) is 14.6 Å². The Labute approximate surface area is 213 Å². The van der Waals surface area contributed by atoms with Gasteiger partial charge >= 0.3 is 0 Å². The number of ether oxygens (including phenoxy) is 3. The van der Waals surface area contributed by atoms with Crippen molar-refractivity contribution in [2.75, 3.05) is 26.9 Å². The number of methoxy groups -OCH3 is 1. The second-order valence-electron chi connectivity index (χ2n) is 9.82. The summed E-state index contributed by atoms with van der Waals surface area (Å²) < 4.78 is 41.3. The van der Waals surface area contributed by atoms with Crippen LogP contribution in [0.15, 0.2) is 53.0 Å². The van der Waals surface area contributed by atoms with E-state index in [9.17, 15) is 18.3 Å². The molecule has 3 rings (SSSR count). The van der Waals surface area contributed by atoms with E-state index in [2.05, 4.69) is 0 Å². The molecule has 0 aromatic heterocycles. The van der Waals surface area contributed by atoms with E-state index in [1.165, 1.54) is 17.6 Å². The minimum atomic E-state index is -4.07.